The van der Waals surface area contributed by atoms with Gasteiger partial charge in [0.2, 0.25) is 0 Å². The molecule has 0 bridgehead atoms. The lowest BCUT2D eigenvalue weighted by Gasteiger charge is -2.26. The maximum Gasteiger partial charge on any atom is 0.0474 e. The van der Waals surface area contributed by atoms with E-state index in [2.05, 4.69) is 33.4 Å². The van der Waals surface area contributed by atoms with Crippen molar-refractivity contribution in [3.05, 3.63) is 34.3 Å². The lowest BCUT2D eigenvalue weighted by atomic mass is 10.0. The van der Waals surface area contributed by atoms with E-state index >= 15 is 0 Å². The second-order valence-electron chi connectivity index (χ2n) is 4.99. The summed E-state index contributed by atoms with van der Waals surface area (Å²) in [6.45, 7) is 0.846. The van der Waals surface area contributed by atoms with Crippen molar-refractivity contribution in [3.63, 3.8) is 0 Å². The molecular weight excluding hydrogens is 292 g/mol. The average Bonchev–Trinajstić information content (AvgIpc) is 2.83. The summed E-state index contributed by atoms with van der Waals surface area (Å²) in [5.41, 5.74) is 7.08. The molecule has 1 aromatic carbocycles. The van der Waals surface area contributed by atoms with Gasteiger partial charge in [-0.2, -0.15) is 0 Å². The number of aliphatic hydroxyl groups is 1. The molecule has 3 nitrogen and oxygen atoms in total. The van der Waals surface area contributed by atoms with Gasteiger partial charge in [0, 0.05) is 29.7 Å². The number of hydrogen-bond donors (Lipinski definition) is 3. The van der Waals surface area contributed by atoms with E-state index in [0.717, 1.165) is 17.3 Å². The van der Waals surface area contributed by atoms with Crippen LogP contribution in [-0.4, -0.2) is 24.3 Å². The molecule has 0 aliphatic heterocycles. The molecule has 100 valence electrons. The highest BCUT2D eigenvalue weighted by atomic mass is 79.9. The molecule has 1 aliphatic rings. The smallest absolute Gasteiger partial charge is 0.0474 e. The summed E-state index contributed by atoms with van der Waals surface area (Å²) in [4.78, 5) is 0. The van der Waals surface area contributed by atoms with E-state index in [1.54, 1.807) is 0 Å². The topological polar surface area (TPSA) is 58.3 Å². The second-order valence-corrected chi connectivity index (χ2v) is 5.91. The van der Waals surface area contributed by atoms with Crippen LogP contribution in [0.25, 0.3) is 0 Å². The normalized spacial score (nSPS) is 25.3. The Balaban J connectivity index is 2.05. The third-order valence-electron chi connectivity index (χ3n) is 3.80. The minimum Gasteiger partial charge on any atom is -0.396 e. The number of hydrogen-bond acceptors (Lipinski definition) is 3. The molecule has 0 spiro atoms. The molecule has 1 fully saturated rings. The summed E-state index contributed by atoms with van der Waals surface area (Å²) in [6, 6.07) is 8.80. The van der Waals surface area contributed by atoms with Gasteiger partial charge in [-0.05, 0) is 36.5 Å². The van der Waals surface area contributed by atoms with Gasteiger partial charge in [-0.3, -0.25) is 0 Å². The first-order valence-corrected chi connectivity index (χ1v) is 7.36. The van der Waals surface area contributed by atoms with E-state index in [1.165, 1.54) is 12.0 Å². The third-order valence-corrected chi connectivity index (χ3v) is 4.29. The Bertz CT molecular complexity index is 386. The van der Waals surface area contributed by atoms with Crippen molar-refractivity contribution in [2.75, 3.05) is 13.2 Å². The van der Waals surface area contributed by atoms with Gasteiger partial charge in [0.15, 0.2) is 0 Å². The van der Waals surface area contributed by atoms with Crippen molar-refractivity contribution in [2.45, 2.75) is 31.3 Å². The standard InChI is InChI=1S/C14H21BrN2O/c15-12-5-1-3-10(7-12)14(8-16)17-13-6-2-4-11(13)9-18/h1,3,5,7,11,13-14,17-18H,2,4,6,8-9,16H2. The van der Waals surface area contributed by atoms with Crippen LogP contribution in [0.15, 0.2) is 28.7 Å². The Morgan fingerprint density at radius 3 is 2.94 bits per heavy atom. The largest absolute Gasteiger partial charge is 0.396 e. The van der Waals surface area contributed by atoms with Crippen LogP contribution in [-0.2, 0) is 0 Å². The summed E-state index contributed by atoms with van der Waals surface area (Å²) in [5, 5.41) is 13.0. The van der Waals surface area contributed by atoms with Crippen molar-refractivity contribution in [1.29, 1.82) is 0 Å². The van der Waals surface area contributed by atoms with Crippen LogP contribution in [0, 0.1) is 5.92 Å². The number of halogens is 1. The molecule has 4 heteroatoms. The minimum atomic E-state index is 0.166. The predicted octanol–water partition coefficient (Wildman–Crippen LogP) is 2.20. The van der Waals surface area contributed by atoms with Crippen molar-refractivity contribution < 1.29 is 5.11 Å². The Hall–Kier alpha value is -0.420. The van der Waals surface area contributed by atoms with Gasteiger partial charge in [-0.1, -0.05) is 34.5 Å². The zero-order valence-electron chi connectivity index (χ0n) is 10.5. The van der Waals surface area contributed by atoms with Crippen molar-refractivity contribution in [1.82, 2.24) is 5.32 Å². The first kappa shape index (κ1) is 14.0. The van der Waals surface area contributed by atoms with E-state index in [1.807, 2.05) is 12.1 Å². The molecule has 2 rings (SSSR count). The summed E-state index contributed by atoms with van der Waals surface area (Å²) in [7, 11) is 0. The first-order valence-electron chi connectivity index (χ1n) is 6.57. The fraction of sp³-hybridized carbons (Fsp3) is 0.571. The summed E-state index contributed by atoms with van der Waals surface area (Å²) < 4.78 is 1.07. The third kappa shape index (κ3) is 3.32. The molecule has 0 amide bonds. The van der Waals surface area contributed by atoms with Gasteiger partial charge >= 0.3 is 0 Å². The Morgan fingerprint density at radius 1 is 1.44 bits per heavy atom. The van der Waals surface area contributed by atoms with Crippen LogP contribution in [0.2, 0.25) is 0 Å². The van der Waals surface area contributed by atoms with Crippen LogP contribution in [0.5, 0.6) is 0 Å². The molecule has 3 unspecified atom stereocenters. The maximum absolute atomic E-state index is 9.36. The number of aliphatic hydroxyl groups excluding tert-OH is 1. The minimum absolute atomic E-state index is 0.166. The quantitative estimate of drug-likeness (QED) is 0.781. The summed E-state index contributed by atoms with van der Waals surface area (Å²) >= 11 is 3.49. The SMILES string of the molecule is NCC(NC1CCCC1CO)c1cccc(Br)c1. The molecular formula is C14H21BrN2O. The predicted molar refractivity (Wildman–Crippen MR) is 77.3 cm³/mol. The Kier molecular flexibility index (Phi) is 5.18. The van der Waals surface area contributed by atoms with E-state index in [4.69, 9.17) is 5.73 Å². The average molecular weight is 313 g/mol. The second kappa shape index (κ2) is 6.66. The monoisotopic (exact) mass is 312 g/mol. The molecule has 0 heterocycles. The molecule has 0 radical (unpaired) electrons. The zero-order valence-corrected chi connectivity index (χ0v) is 12.1. The van der Waals surface area contributed by atoms with Crippen LogP contribution in [0.1, 0.15) is 30.9 Å². The number of benzene rings is 1. The van der Waals surface area contributed by atoms with E-state index < -0.39 is 0 Å². The molecule has 1 aromatic rings. The fourth-order valence-electron chi connectivity index (χ4n) is 2.76. The van der Waals surface area contributed by atoms with Gasteiger partial charge in [0.25, 0.3) is 0 Å². The van der Waals surface area contributed by atoms with Crippen LogP contribution in [0.4, 0.5) is 0 Å². The zero-order chi connectivity index (χ0) is 13.0. The van der Waals surface area contributed by atoms with Crippen molar-refractivity contribution >= 4 is 15.9 Å². The highest BCUT2D eigenvalue weighted by Gasteiger charge is 2.28. The van der Waals surface area contributed by atoms with E-state index in [9.17, 15) is 5.11 Å². The number of rotatable bonds is 5. The molecule has 1 saturated carbocycles. The molecule has 0 aromatic heterocycles. The summed E-state index contributed by atoms with van der Waals surface area (Å²) in [5.74, 6) is 0.381. The van der Waals surface area contributed by atoms with E-state index in [0.29, 0.717) is 18.5 Å². The number of nitrogens with two attached hydrogens (primary N) is 1. The van der Waals surface area contributed by atoms with Crippen molar-refractivity contribution in [2.24, 2.45) is 11.7 Å². The lowest BCUT2D eigenvalue weighted by Crippen LogP contribution is -2.39. The van der Waals surface area contributed by atoms with Crippen LogP contribution in [0.3, 0.4) is 0 Å². The van der Waals surface area contributed by atoms with Gasteiger partial charge in [-0.25, -0.2) is 0 Å². The highest BCUT2D eigenvalue weighted by molar-refractivity contribution is 9.10. The van der Waals surface area contributed by atoms with Gasteiger partial charge in [0.05, 0.1) is 0 Å². The number of nitrogens with one attached hydrogen (secondary N) is 1. The molecule has 0 saturated heterocycles. The van der Waals surface area contributed by atoms with Gasteiger partial charge in [-0.15, -0.1) is 0 Å². The van der Waals surface area contributed by atoms with E-state index in [-0.39, 0.29) is 12.6 Å². The maximum atomic E-state index is 9.36. The Morgan fingerprint density at radius 2 is 2.28 bits per heavy atom. The first-order chi connectivity index (χ1) is 8.74. The van der Waals surface area contributed by atoms with Crippen molar-refractivity contribution in [3.8, 4) is 0 Å². The highest BCUT2D eigenvalue weighted by Crippen LogP contribution is 2.28. The fourth-order valence-corrected chi connectivity index (χ4v) is 3.17. The van der Waals surface area contributed by atoms with Crippen LogP contribution >= 0.6 is 15.9 Å². The Labute approximate surface area is 117 Å². The van der Waals surface area contributed by atoms with Gasteiger partial charge in [0.1, 0.15) is 0 Å². The summed E-state index contributed by atoms with van der Waals surface area (Å²) in [6.07, 6.45) is 3.44. The molecule has 1 aliphatic carbocycles. The van der Waals surface area contributed by atoms with Gasteiger partial charge < -0.3 is 16.2 Å². The van der Waals surface area contributed by atoms with Crippen LogP contribution < -0.4 is 11.1 Å². The molecule has 3 atom stereocenters. The molecule has 4 N–H and O–H groups in total. The lowest BCUT2D eigenvalue weighted by molar-refractivity contribution is 0.200. The molecule has 18 heavy (non-hydrogen) atoms.